The number of hydrogen-bond acceptors (Lipinski definition) is 4. The van der Waals surface area contributed by atoms with Gasteiger partial charge in [-0.1, -0.05) is 42.5 Å². The molecule has 1 heterocycles. The number of benzene rings is 3. The first-order valence-corrected chi connectivity index (χ1v) is 12.0. The van der Waals surface area contributed by atoms with Crippen LogP contribution in [0.5, 0.6) is 0 Å². The highest BCUT2D eigenvalue weighted by Gasteiger charge is 2.25. The van der Waals surface area contributed by atoms with Crippen LogP contribution in [-0.4, -0.2) is 44.0 Å². The normalized spacial score (nSPS) is 14.4. The predicted molar refractivity (Wildman–Crippen MR) is 136 cm³/mol. The van der Waals surface area contributed by atoms with Gasteiger partial charge in [0.05, 0.1) is 16.9 Å². The zero-order chi connectivity index (χ0) is 23.9. The Balaban J connectivity index is 1.59. The molecule has 0 radical (unpaired) electrons. The molecule has 2 amide bonds. The average molecular weight is 525 g/mol. The van der Waals surface area contributed by atoms with E-state index in [0.717, 1.165) is 37.4 Å². The molecule has 3 aromatic carbocycles. The van der Waals surface area contributed by atoms with Crippen LogP contribution in [0.4, 0.5) is 15.8 Å². The largest absolute Gasteiger partial charge is 0.367 e. The quantitative estimate of drug-likeness (QED) is 0.437. The van der Waals surface area contributed by atoms with E-state index in [1.54, 1.807) is 24.3 Å². The fourth-order valence-electron chi connectivity index (χ4n) is 3.95. The molecule has 1 saturated heterocycles. The summed E-state index contributed by atoms with van der Waals surface area (Å²) >= 11 is 3.39. The second-order valence-corrected chi connectivity index (χ2v) is 8.94. The van der Waals surface area contributed by atoms with E-state index in [4.69, 9.17) is 0 Å². The van der Waals surface area contributed by atoms with Crippen molar-refractivity contribution in [3.05, 3.63) is 94.2 Å². The maximum Gasteiger partial charge on any atom is 0.253 e. The molecule has 0 bridgehead atoms. The molecule has 1 aliphatic rings. The van der Waals surface area contributed by atoms with E-state index < -0.39 is 17.8 Å². The Morgan fingerprint density at radius 1 is 1.00 bits per heavy atom. The molecule has 0 saturated carbocycles. The minimum absolute atomic E-state index is 0.293. The van der Waals surface area contributed by atoms with Crippen molar-refractivity contribution in [2.45, 2.75) is 12.5 Å². The van der Waals surface area contributed by atoms with Gasteiger partial charge in [-0.25, -0.2) is 4.39 Å². The second kappa shape index (κ2) is 11.3. The van der Waals surface area contributed by atoms with E-state index in [2.05, 4.69) is 36.8 Å². The highest BCUT2D eigenvalue weighted by molar-refractivity contribution is 9.10. The van der Waals surface area contributed by atoms with E-state index >= 15 is 0 Å². The van der Waals surface area contributed by atoms with Gasteiger partial charge in [-0.2, -0.15) is 0 Å². The number of carbonyl (C=O) groups excluding carboxylic acids is 2. The Morgan fingerprint density at radius 2 is 1.71 bits per heavy atom. The lowest BCUT2D eigenvalue weighted by molar-refractivity contribution is -0.118. The number of carbonyl (C=O) groups is 2. The summed E-state index contributed by atoms with van der Waals surface area (Å²) in [5, 5.41) is 9.02. The van der Waals surface area contributed by atoms with Gasteiger partial charge in [0.25, 0.3) is 5.91 Å². The van der Waals surface area contributed by atoms with Gasteiger partial charge in [0, 0.05) is 37.1 Å². The molecule has 4 rings (SSSR count). The first-order valence-electron chi connectivity index (χ1n) is 11.2. The topological polar surface area (TPSA) is 73.5 Å². The number of rotatable bonds is 7. The molecular weight excluding hydrogens is 499 g/mol. The van der Waals surface area contributed by atoms with Crippen LogP contribution in [-0.2, 0) is 11.2 Å². The summed E-state index contributed by atoms with van der Waals surface area (Å²) in [5.74, 6) is -1.22. The number of piperazine rings is 1. The number of halogens is 2. The third kappa shape index (κ3) is 6.01. The van der Waals surface area contributed by atoms with Gasteiger partial charge in [0.1, 0.15) is 11.9 Å². The molecule has 3 aromatic rings. The van der Waals surface area contributed by atoms with E-state index in [0.29, 0.717) is 22.1 Å². The maximum atomic E-state index is 14.1. The molecule has 1 unspecified atom stereocenters. The maximum absolute atomic E-state index is 14.1. The number of hydrogen-bond donors (Lipinski definition) is 3. The molecule has 176 valence electrons. The smallest absolute Gasteiger partial charge is 0.253 e. The molecule has 0 aromatic heterocycles. The Kier molecular flexibility index (Phi) is 7.92. The van der Waals surface area contributed by atoms with Crippen LogP contribution in [0.3, 0.4) is 0 Å². The molecule has 8 heteroatoms. The fraction of sp³-hybridized carbons (Fsp3) is 0.231. The third-order valence-electron chi connectivity index (χ3n) is 5.70. The molecule has 1 fully saturated rings. The van der Waals surface area contributed by atoms with Crippen molar-refractivity contribution < 1.29 is 14.0 Å². The van der Waals surface area contributed by atoms with Crippen LogP contribution in [0.25, 0.3) is 0 Å². The molecule has 1 atom stereocenters. The summed E-state index contributed by atoms with van der Waals surface area (Å²) in [6.45, 7) is 3.12. The van der Waals surface area contributed by atoms with E-state index in [-0.39, 0.29) is 5.91 Å². The first-order chi connectivity index (χ1) is 16.5. The zero-order valence-corrected chi connectivity index (χ0v) is 20.1. The molecule has 0 spiro atoms. The average Bonchev–Trinajstić information content (AvgIpc) is 2.85. The van der Waals surface area contributed by atoms with E-state index in [9.17, 15) is 14.0 Å². The Labute approximate surface area is 206 Å². The minimum Gasteiger partial charge on any atom is -0.367 e. The third-order valence-corrected chi connectivity index (χ3v) is 6.39. The highest BCUT2D eigenvalue weighted by atomic mass is 79.9. The standard InChI is InChI=1S/C26H26BrFN4O2/c27-21-9-5-4-8-20(21)25(33)31-23(16-18-6-2-1-3-7-18)26(34)30-22-17-19(28)10-11-24(22)32-14-12-29-13-15-32/h1-11,17,23,29H,12-16H2,(H,30,34)(H,31,33). The first kappa shape index (κ1) is 23.9. The molecular formula is C26H26BrFN4O2. The van der Waals surface area contributed by atoms with Gasteiger partial charge in [-0.3, -0.25) is 9.59 Å². The van der Waals surface area contributed by atoms with Gasteiger partial charge >= 0.3 is 0 Å². The summed E-state index contributed by atoms with van der Waals surface area (Å²) in [7, 11) is 0. The van der Waals surface area contributed by atoms with Crippen molar-refractivity contribution in [2.24, 2.45) is 0 Å². The molecule has 0 aliphatic carbocycles. The fourth-order valence-corrected chi connectivity index (χ4v) is 4.41. The van der Waals surface area contributed by atoms with Gasteiger partial charge in [-0.05, 0) is 51.8 Å². The van der Waals surface area contributed by atoms with Crippen LogP contribution in [0, 0.1) is 5.82 Å². The monoisotopic (exact) mass is 524 g/mol. The Morgan fingerprint density at radius 3 is 2.44 bits per heavy atom. The molecule has 34 heavy (non-hydrogen) atoms. The van der Waals surface area contributed by atoms with Gasteiger partial charge in [-0.15, -0.1) is 0 Å². The number of nitrogens with one attached hydrogen (secondary N) is 3. The lowest BCUT2D eigenvalue weighted by Gasteiger charge is -2.31. The second-order valence-electron chi connectivity index (χ2n) is 8.08. The Hall–Kier alpha value is -3.23. The van der Waals surface area contributed by atoms with Gasteiger partial charge in [0.15, 0.2) is 0 Å². The minimum atomic E-state index is -0.860. The van der Waals surface area contributed by atoms with Gasteiger partial charge in [0.2, 0.25) is 5.91 Å². The van der Waals surface area contributed by atoms with Crippen molar-refractivity contribution in [2.75, 3.05) is 36.4 Å². The number of nitrogens with zero attached hydrogens (tertiary/aromatic N) is 1. The van der Waals surface area contributed by atoms with Crippen molar-refractivity contribution in [3.63, 3.8) is 0 Å². The predicted octanol–water partition coefficient (Wildman–Crippen LogP) is 3.98. The SMILES string of the molecule is O=C(NC(Cc1ccccc1)C(=O)Nc1cc(F)ccc1N1CCNCC1)c1ccccc1Br. The van der Waals surface area contributed by atoms with Crippen molar-refractivity contribution in [1.29, 1.82) is 0 Å². The van der Waals surface area contributed by atoms with Crippen LogP contribution in [0.15, 0.2) is 77.3 Å². The number of amides is 2. The molecule has 1 aliphatic heterocycles. The van der Waals surface area contributed by atoms with Gasteiger partial charge < -0.3 is 20.9 Å². The summed E-state index contributed by atoms with van der Waals surface area (Å²) in [6, 6.07) is 20.0. The lowest BCUT2D eigenvalue weighted by atomic mass is 10.0. The Bertz CT molecular complexity index is 1150. The molecule has 3 N–H and O–H groups in total. The van der Waals surface area contributed by atoms with E-state index in [1.807, 2.05) is 36.4 Å². The van der Waals surface area contributed by atoms with Crippen molar-refractivity contribution in [1.82, 2.24) is 10.6 Å². The van der Waals surface area contributed by atoms with Crippen LogP contribution < -0.4 is 20.9 Å². The highest BCUT2D eigenvalue weighted by Crippen LogP contribution is 2.28. The molecule has 6 nitrogen and oxygen atoms in total. The zero-order valence-electron chi connectivity index (χ0n) is 18.6. The van der Waals surface area contributed by atoms with Crippen LogP contribution >= 0.6 is 15.9 Å². The van der Waals surface area contributed by atoms with Crippen LogP contribution in [0.1, 0.15) is 15.9 Å². The lowest BCUT2D eigenvalue weighted by Crippen LogP contribution is -2.46. The summed E-state index contributed by atoms with van der Waals surface area (Å²) < 4.78 is 14.8. The number of anilines is 2. The summed E-state index contributed by atoms with van der Waals surface area (Å²) in [6.07, 6.45) is 0.293. The summed E-state index contributed by atoms with van der Waals surface area (Å²) in [5.41, 5.74) is 2.48. The van der Waals surface area contributed by atoms with Crippen molar-refractivity contribution in [3.8, 4) is 0 Å². The van der Waals surface area contributed by atoms with Crippen LogP contribution in [0.2, 0.25) is 0 Å². The van der Waals surface area contributed by atoms with Crippen molar-refractivity contribution >= 4 is 39.1 Å². The summed E-state index contributed by atoms with van der Waals surface area (Å²) in [4.78, 5) is 28.5. The van der Waals surface area contributed by atoms with E-state index in [1.165, 1.54) is 12.1 Å².